The highest BCUT2D eigenvalue weighted by Gasteiger charge is 2.15. The quantitative estimate of drug-likeness (QED) is 0.778. The van der Waals surface area contributed by atoms with Crippen LogP contribution in [0.3, 0.4) is 0 Å². The minimum absolute atomic E-state index is 0.548. The zero-order chi connectivity index (χ0) is 13.1. The van der Waals surface area contributed by atoms with E-state index in [-0.39, 0.29) is 0 Å². The third kappa shape index (κ3) is 1.86. The normalized spacial score (nSPS) is 10.2. The summed E-state index contributed by atoms with van der Waals surface area (Å²) in [5, 5.41) is 1.75. The molecule has 0 aliphatic rings. The number of benzene rings is 2. The Hall–Kier alpha value is -2.23. The van der Waals surface area contributed by atoms with Crippen molar-refractivity contribution in [1.82, 2.24) is 0 Å². The molecule has 0 spiro atoms. The lowest BCUT2D eigenvalue weighted by Gasteiger charge is -2.14. The molecule has 0 bridgehead atoms. The fraction of sp³-hybridized carbons (Fsp3) is 0.214. The van der Waals surface area contributed by atoms with E-state index >= 15 is 0 Å². The Bertz CT molecular complexity index is 590. The van der Waals surface area contributed by atoms with Gasteiger partial charge in [-0.15, -0.1) is 0 Å². The molecule has 2 aromatic carbocycles. The number of fused-ring (bicyclic) bond motifs is 1. The van der Waals surface area contributed by atoms with Gasteiger partial charge in [-0.25, -0.2) is 0 Å². The number of rotatable bonds is 4. The first-order valence-corrected chi connectivity index (χ1v) is 5.43. The molecule has 0 N–H and O–H groups in total. The van der Waals surface area contributed by atoms with Crippen LogP contribution < -0.4 is 14.2 Å². The van der Waals surface area contributed by atoms with Gasteiger partial charge in [-0.2, -0.15) is 0 Å². The second kappa shape index (κ2) is 4.96. The van der Waals surface area contributed by atoms with Gasteiger partial charge in [-0.3, -0.25) is 4.79 Å². The summed E-state index contributed by atoms with van der Waals surface area (Å²) >= 11 is 0. The van der Waals surface area contributed by atoms with Crippen molar-refractivity contribution < 1.29 is 19.0 Å². The molecule has 0 radical (unpaired) electrons. The smallest absolute Gasteiger partial charge is 0.203 e. The van der Waals surface area contributed by atoms with Gasteiger partial charge < -0.3 is 14.2 Å². The van der Waals surface area contributed by atoms with Gasteiger partial charge in [0.25, 0.3) is 0 Å². The van der Waals surface area contributed by atoms with E-state index in [4.69, 9.17) is 14.2 Å². The summed E-state index contributed by atoms with van der Waals surface area (Å²) in [6, 6.07) is 7.18. The van der Waals surface area contributed by atoms with Gasteiger partial charge in [0.1, 0.15) is 6.29 Å². The largest absolute Gasteiger partial charge is 0.493 e. The van der Waals surface area contributed by atoms with E-state index < -0.39 is 0 Å². The number of hydrogen-bond acceptors (Lipinski definition) is 4. The van der Waals surface area contributed by atoms with E-state index in [0.29, 0.717) is 22.8 Å². The molecule has 0 aliphatic carbocycles. The van der Waals surface area contributed by atoms with E-state index in [1.807, 2.05) is 12.1 Å². The van der Waals surface area contributed by atoms with Gasteiger partial charge in [-0.1, -0.05) is 6.07 Å². The van der Waals surface area contributed by atoms with Gasteiger partial charge in [0, 0.05) is 10.9 Å². The highest BCUT2D eigenvalue weighted by Crippen LogP contribution is 2.43. The summed E-state index contributed by atoms with van der Waals surface area (Å²) in [6.45, 7) is 0. The van der Waals surface area contributed by atoms with E-state index in [9.17, 15) is 4.79 Å². The van der Waals surface area contributed by atoms with Gasteiger partial charge in [0.15, 0.2) is 11.5 Å². The molecule has 0 aromatic heterocycles. The predicted molar refractivity (Wildman–Crippen MR) is 69.0 cm³/mol. The number of carbonyl (C=O) groups excluding carboxylic acids is 1. The van der Waals surface area contributed by atoms with Crippen molar-refractivity contribution in [2.75, 3.05) is 21.3 Å². The summed E-state index contributed by atoms with van der Waals surface area (Å²) in [6.07, 6.45) is 0.808. The molecule has 0 saturated carbocycles. The Labute approximate surface area is 105 Å². The summed E-state index contributed by atoms with van der Waals surface area (Å²) in [5.74, 6) is 1.72. The summed E-state index contributed by atoms with van der Waals surface area (Å²) in [4.78, 5) is 10.8. The summed E-state index contributed by atoms with van der Waals surface area (Å²) in [7, 11) is 4.70. The lowest BCUT2D eigenvalue weighted by molar-refractivity contribution is 0.112. The Kier molecular flexibility index (Phi) is 3.37. The Balaban J connectivity index is 2.82. The minimum Gasteiger partial charge on any atom is -0.493 e. The molecule has 0 aliphatic heterocycles. The van der Waals surface area contributed by atoms with Gasteiger partial charge in [0.05, 0.1) is 21.3 Å². The molecule has 4 nitrogen and oxygen atoms in total. The van der Waals surface area contributed by atoms with Crippen molar-refractivity contribution in [2.45, 2.75) is 0 Å². The Morgan fingerprint density at radius 2 is 1.67 bits per heavy atom. The fourth-order valence-electron chi connectivity index (χ4n) is 1.97. The maximum atomic E-state index is 10.8. The second-order valence-corrected chi connectivity index (χ2v) is 3.74. The van der Waals surface area contributed by atoms with Crippen molar-refractivity contribution >= 4 is 17.1 Å². The third-order valence-corrected chi connectivity index (χ3v) is 2.80. The number of ether oxygens (including phenoxy) is 3. The van der Waals surface area contributed by atoms with Crippen molar-refractivity contribution in [3.8, 4) is 17.2 Å². The van der Waals surface area contributed by atoms with Crippen LogP contribution in [0, 0.1) is 0 Å². The summed E-state index contributed by atoms with van der Waals surface area (Å²) in [5.41, 5.74) is 0.608. The molecule has 0 atom stereocenters. The van der Waals surface area contributed by atoms with Crippen LogP contribution in [0.25, 0.3) is 10.8 Å². The molecule has 0 heterocycles. The number of carbonyl (C=O) groups is 1. The first kappa shape index (κ1) is 12.2. The van der Waals surface area contributed by atoms with E-state index in [1.165, 1.54) is 0 Å². The fourth-order valence-corrected chi connectivity index (χ4v) is 1.97. The first-order chi connectivity index (χ1) is 8.74. The van der Waals surface area contributed by atoms with Crippen molar-refractivity contribution in [2.24, 2.45) is 0 Å². The Morgan fingerprint density at radius 3 is 2.22 bits per heavy atom. The monoisotopic (exact) mass is 246 g/mol. The van der Waals surface area contributed by atoms with E-state index in [0.717, 1.165) is 17.1 Å². The molecule has 0 unspecified atom stereocenters. The number of methoxy groups -OCH3 is 3. The average Bonchev–Trinajstić information content (AvgIpc) is 2.44. The van der Waals surface area contributed by atoms with Crippen LogP contribution in [-0.2, 0) is 0 Å². The zero-order valence-corrected chi connectivity index (χ0v) is 10.5. The van der Waals surface area contributed by atoms with Crippen molar-refractivity contribution in [1.29, 1.82) is 0 Å². The standard InChI is InChI=1S/C14H14O4/c1-16-12-7-10-6-9(8-15)4-5-11(10)13(17-2)14(12)18-3/h4-8H,1-3H3. The van der Waals surface area contributed by atoms with Crippen molar-refractivity contribution in [3.63, 3.8) is 0 Å². The van der Waals surface area contributed by atoms with Gasteiger partial charge in [-0.05, 0) is 23.6 Å². The second-order valence-electron chi connectivity index (χ2n) is 3.74. The molecule has 0 fully saturated rings. The average molecular weight is 246 g/mol. The van der Waals surface area contributed by atoms with Gasteiger partial charge in [0.2, 0.25) is 5.75 Å². The van der Waals surface area contributed by atoms with Crippen LogP contribution in [0.2, 0.25) is 0 Å². The van der Waals surface area contributed by atoms with Crippen LogP contribution in [0.15, 0.2) is 24.3 Å². The number of aldehydes is 1. The molecule has 94 valence electrons. The number of hydrogen-bond donors (Lipinski definition) is 0. The maximum absolute atomic E-state index is 10.8. The molecule has 4 heteroatoms. The minimum atomic E-state index is 0.548. The SMILES string of the molecule is COc1cc2cc(C=O)ccc2c(OC)c1OC. The molecule has 2 aromatic rings. The molecule has 18 heavy (non-hydrogen) atoms. The molecule has 0 amide bonds. The van der Waals surface area contributed by atoms with Crippen LogP contribution in [0.1, 0.15) is 10.4 Å². The summed E-state index contributed by atoms with van der Waals surface area (Å²) < 4.78 is 15.9. The zero-order valence-electron chi connectivity index (χ0n) is 10.5. The van der Waals surface area contributed by atoms with Crippen LogP contribution in [0.4, 0.5) is 0 Å². The lowest BCUT2D eigenvalue weighted by Crippen LogP contribution is -1.96. The molecular formula is C14H14O4. The first-order valence-electron chi connectivity index (χ1n) is 5.43. The highest BCUT2D eigenvalue weighted by atomic mass is 16.5. The van der Waals surface area contributed by atoms with Crippen molar-refractivity contribution in [3.05, 3.63) is 29.8 Å². The molecular weight excluding hydrogens is 232 g/mol. The maximum Gasteiger partial charge on any atom is 0.203 e. The van der Waals surface area contributed by atoms with Gasteiger partial charge >= 0.3 is 0 Å². The molecule has 2 rings (SSSR count). The Morgan fingerprint density at radius 1 is 0.944 bits per heavy atom. The molecule has 0 saturated heterocycles. The highest BCUT2D eigenvalue weighted by molar-refractivity contribution is 5.96. The van der Waals surface area contributed by atoms with Crippen LogP contribution >= 0.6 is 0 Å². The third-order valence-electron chi connectivity index (χ3n) is 2.80. The predicted octanol–water partition coefficient (Wildman–Crippen LogP) is 2.68. The van der Waals surface area contributed by atoms with E-state index in [1.54, 1.807) is 33.5 Å². The topological polar surface area (TPSA) is 44.8 Å². The van der Waals surface area contributed by atoms with Crippen LogP contribution in [-0.4, -0.2) is 27.6 Å². The lowest BCUT2D eigenvalue weighted by atomic mass is 10.1. The van der Waals surface area contributed by atoms with E-state index in [2.05, 4.69) is 0 Å². The van der Waals surface area contributed by atoms with Crippen LogP contribution in [0.5, 0.6) is 17.2 Å².